The van der Waals surface area contributed by atoms with Gasteiger partial charge in [0.05, 0.1) is 30.5 Å². The van der Waals surface area contributed by atoms with E-state index in [9.17, 15) is 24.5 Å². The van der Waals surface area contributed by atoms with Crippen molar-refractivity contribution < 1.29 is 28.8 Å². The molecule has 0 aliphatic rings. The van der Waals surface area contributed by atoms with Gasteiger partial charge >= 0.3 is 0 Å². The molecule has 0 atom stereocenters. The van der Waals surface area contributed by atoms with Gasteiger partial charge in [-0.1, -0.05) is 24.3 Å². The van der Waals surface area contributed by atoms with Gasteiger partial charge < -0.3 is 25.4 Å². The minimum atomic E-state index is -0.566. The molecule has 0 radical (unpaired) electrons. The minimum absolute atomic E-state index is 0.154. The molecule has 3 N–H and O–H groups in total. The van der Waals surface area contributed by atoms with Crippen LogP contribution in [0.25, 0.3) is 0 Å². The number of anilines is 3. The number of carbonyl (C=O) groups is 3. The molecule has 0 saturated carbocycles. The molecule has 0 fully saturated rings. The van der Waals surface area contributed by atoms with Crippen molar-refractivity contribution in [3.05, 3.63) is 82.4 Å². The summed E-state index contributed by atoms with van der Waals surface area (Å²) in [4.78, 5) is 47.5. The molecule has 0 heterocycles. The largest absolute Gasteiger partial charge is 0.494 e. The van der Waals surface area contributed by atoms with Crippen molar-refractivity contribution in [1.82, 2.24) is 0 Å². The van der Waals surface area contributed by atoms with Crippen molar-refractivity contribution in [3.8, 4) is 11.5 Å². The highest BCUT2D eigenvalue weighted by atomic mass is 16.6. The van der Waals surface area contributed by atoms with Crippen LogP contribution in [-0.4, -0.2) is 36.9 Å². The Bertz CT molecular complexity index is 1280. The van der Waals surface area contributed by atoms with E-state index in [2.05, 4.69) is 16.0 Å². The van der Waals surface area contributed by atoms with E-state index in [0.717, 1.165) is 0 Å². The van der Waals surface area contributed by atoms with E-state index in [4.69, 9.17) is 9.47 Å². The van der Waals surface area contributed by atoms with E-state index in [-0.39, 0.29) is 41.6 Å². The lowest BCUT2D eigenvalue weighted by Gasteiger charge is -2.16. The lowest BCUT2D eigenvalue weighted by Crippen LogP contribution is -2.18. The van der Waals surface area contributed by atoms with Crippen LogP contribution in [0.3, 0.4) is 0 Å². The molecule has 3 amide bonds. The van der Waals surface area contributed by atoms with E-state index in [1.54, 1.807) is 30.3 Å². The summed E-state index contributed by atoms with van der Waals surface area (Å²) in [7, 11) is 2.83. The highest BCUT2D eigenvalue weighted by molar-refractivity contribution is 6.05. The SMILES string of the molecule is COc1cc(NC(=O)c2ccccc2)c(OC)cc1NC(=O)CCC(=O)Nc1cccc([N+](=O)[O-])c1. The normalized spacial score (nSPS) is 10.2. The van der Waals surface area contributed by atoms with Gasteiger partial charge in [0.2, 0.25) is 11.8 Å². The van der Waals surface area contributed by atoms with Gasteiger partial charge in [0, 0.05) is 48.4 Å². The Kier molecular flexibility index (Phi) is 8.54. The lowest BCUT2D eigenvalue weighted by molar-refractivity contribution is -0.384. The first-order valence-corrected chi connectivity index (χ1v) is 10.8. The van der Waals surface area contributed by atoms with Crippen molar-refractivity contribution in [3.63, 3.8) is 0 Å². The maximum absolute atomic E-state index is 12.5. The Hall–Kier alpha value is -4.93. The number of carbonyl (C=O) groups excluding carboxylic acids is 3. The molecule has 3 aromatic carbocycles. The third-order valence-corrected chi connectivity index (χ3v) is 5.00. The predicted molar refractivity (Wildman–Crippen MR) is 134 cm³/mol. The second-order valence-corrected chi connectivity index (χ2v) is 7.48. The van der Waals surface area contributed by atoms with Crippen LogP contribution in [0, 0.1) is 10.1 Å². The van der Waals surface area contributed by atoms with Crippen LogP contribution < -0.4 is 25.4 Å². The van der Waals surface area contributed by atoms with E-state index in [1.807, 2.05) is 0 Å². The van der Waals surface area contributed by atoms with Crippen molar-refractivity contribution >= 4 is 40.5 Å². The predicted octanol–water partition coefficient (Wildman–Crippen LogP) is 4.22. The van der Waals surface area contributed by atoms with Crippen molar-refractivity contribution in [2.45, 2.75) is 12.8 Å². The summed E-state index contributed by atoms with van der Waals surface area (Å²) in [5, 5.41) is 18.8. The number of non-ortho nitro benzene ring substituents is 1. The molecule has 11 nitrogen and oxygen atoms in total. The number of nitrogens with one attached hydrogen (secondary N) is 3. The Labute approximate surface area is 206 Å². The van der Waals surface area contributed by atoms with E-state index >= 15 is 0 Å². The summed E-state index contributed by atoms with van der Waals surface area (Å²) in [6.45, 7) is 0. The van der Waals surface area contributed by atoms with Crippen LogP contribution in [0.4, 0.5) is 22.7 Å². The van der Waals surface area contributed by atoms with Crippen LogP contribution in [0.15, 0.2) is 66.7 Å². The monoisotopic (exact) mass is 492 g/mol. The molecule has 3 aromatic rings. The average Bonchev–Trinajstić information content (AvgIpc) is 2.88. The minimum Gasteiger partial charge on any atom is -0.494 e. The van der Waals surface area contributed by atoms with Crippen LogP contribution in [-0.2, 0) is 9.59 Å². The second-order valence-electron chi connectivity index (χ2n) is 7.48. The van der Waals surface area contributed by atoms with Gasteiger partial charge in [-0.05, 0) is 18.2 Å². The highest BCUT2D eigenvalue weighted by Gasteiger charge is 2.17. The molecule has 0 bridgehead atoms. The number of benzene rings is 3. The number of nitro groups is 1. The number of ether oxygens (including phenoxy) is 2. The molecule has 3 rings (SSSR count). The third kappa shape index (κ3) is 6.79. The standard InChI is InChI=1S/C25H24N4O7/c1-35-21-15-20(28-25(32)16-7-4-3-5-8-16)22(36-2)14-19(21)27-24(31)12-11-23(30)26-17-9-6-10-18(13-17)29(33)34/h3-10,13-15H,11-12H2,1-2H3,(H,26,30)(H,27,31)(H,28,32). The van der Waals surface area contributed by atoms with E-state index in [1.165, 1.54) is 50.6 Å². The molecule has 0 aliphatic carbocycles. The fraction of sp³-hybridized carbons (Fsp3) is 0.160. The zero-order valence-electron chi connectivity index (χ0n) is 19.6. The van der Waals surface area contributed by atoms with Gasteiger partial charge in [-0.25, -0.2) is 0 Å². The third-order valence-electron chi connectivity index (χ3n) is 5.00. The van der Waals surface area contributed by atoms with Gasteiger partial charge in [-0.3, -0.25) is 24.5 Å². The van der Waals surface area contributed by atoms with Crippen molar-refractivity contribution in [2.24, 2.45) is 0 Å². The molecule has 0 saturated heterocycles. The zero-order valence-corrected chi connectivity index (χ0v) is 19.6. The van der Waals surface area contributed by atoms with Gasteiger partial charge in [0.25, 0.3) is 11.6 Å². The Morgan fingerprint density at radius 2 is 1.36 bits per heavy atom. The Balaban J connectivity index is 1.63. The molecular weight excluding hydrogens is 468 g/mol. The quantitative estimate of drug-likeness (QED) is 0.283. The summed E-state index contributed by atoms with van der Waals surface area (Å²) in [6, 6.07) is 17.2. The number of amides is 3. The lowest BCUT2D eigenvalue weighted by atomic mass is 10.2. The summed E-state index contributed by atoms with van der Waals surface area (Å²) < 4.78 is 10.7. The van der Waals surface area contributed by atoms with Crippen LogP contribution in [0.1, 0.15) is 23.2 Å². The average molecular weight is 492 g/mol. The summed E-state index contributed by atoms with van der Waals surface area (Å²) >= 11 is 0. The summed E-state index contributed by atoms with van der Waals surface area (Å²) in [5.41, 5.74) is 1.19. The van der Waals surface area contributed by atoms with Crippen LogP contribution in [0.2, 0.25) is 0 Å². The fourth-order valence-corrected chi connectivity index (χ4v) is 3.24. The molecule has 0 spiro atoms. The van der Waals surface area contributed by atoms with Crippen molar-refractivity contribution in [2.75, 3.05) is 30.2 Å². The Morgan fingerprint density at radius 3 is 1.94 bits per heavy atom. The van der Waals surface area contributed by atoms with E-state index < -0.39 is 16.7 Å². The fourth-order valence-electron chi connectivity index (χ4n) is 3.24. The number of rotatable bonds is 10. The number of nitrogens with zero attached hydrogens (tertiary/aromatic N) is 1. The van der Waals surface area contributed by atoms with Crippen LogP contribution >= 0.6 is 0 Å². The molecule has 0 aromatic heterocycles. The highest BCUT2D eigenvalue weighted by Crippen LogP contribution is 2.36. The van der Waals surface area contributed by atoms with Crippen LogP contribution in [0.5, 0.6) is 11.5 Å². The van der Waals surface area contributed by atoms with E-state index in [0.29, 0.717) is 17.0 Å². The number of methoxy groups -OCH3 is 2. The van der Waals surface area contributed by atoms with Gasteiger partial charge in [-0.15, -0.1) is 0 Å². The smallest absolute Gasteiger partial charge is 0.271 e. The molecular formula is C25H24N4O7. The number of hydrogen-bond donors (Lipinski definition) is 3. The first-order valence-electron chi connectivity index (χ1n) is 10.8. The molecule has 0 aliphatic heterocycles. The molecule has 186 valence electrons. The number of nitro benzene ring substituents is 1. The second kappa shape index (κ2) is 12.0. The summed E-state index contributed by atoms with van der Waals surface area (Å²) in [6.07, 6.45) is -0.308. The van der Waals surface area contributed by atoms with Gasteiger partial charge in [0.1, 0.15) is 11.5 Å². The van der Waals surface area contributed by atoms with Gasteiger partial charge in [-0.2, -0.15) is 0 Å². The first kappa shape index (κ1) is 25.7. The maximum atomic E-state index is 12.5. The first-order chi connectivity index (χ1) is 17.3. The molecule has 11 heteroatoms. The number of hydrogen-bond acceptors (Lipinski definition) is 7. The summed E-state index contributed by atoms with van der Waals surface area (Å²) in [5.74, 6) is -0.727. The topological polar surface area (TPSA) is 149 Å². The molecule has 0 unspecified atom stereocenters. The Morgan fingerprint density at radius 1 is 0.778 bits per heavy atom. The zero-order chi connectivity index (χ0) is 26.1. The van der Waals surface area contributed by atoms with Crippen molar-refractivity contribution in [1.29, 1.82) is 0 Å². The maximum Gasteiger partial charge on any atom is 0.271 e. The molecule has 36 heavy (non-hydrogen) atoms. The van der Waals surface area contributed by atoms with Gasteiger partial charge in [0.15, 0.2) is 0 Å².